The molecule has 3 N–H and O–H groups in total. The Balaban J connectivity index is 2.00. The molecule has 29 heavy (non-hydrogen) atoms. The van der Waals surface area contributed by atoms with E-state index in [4.69, 9.17) is 34.3 Å². The third-order valence-corrected chi connectivity index (χ3v) is 5.29. The summed E-state index contributed by atoms with van der Waals surface area (Å²) in [6.45, 7) is 2.08. The lowest BCUT2D eigenvalue weighted by molar-refractivity contribution is -0.135. The summed E-state index contributed by atoms with van der Waals surface area (Å²) in [7, 11) is 0. The number of fused-ring (bicyclic) bond motifs is 1. The van der Waals surface area contributed by atoms with Gasteiger partial charge in [-0.15, -0.1) is 0 Å². The molecule has 1 aliphatic rings. The smallest absolute Gasteiger partial charge is 0.238 e. The Bertz CT molecular complexity index is 944. The summed E-state index contributed by atoms with van der Waals surface area (Å²) in [5.74, 6) is -1.25. The van der Waals surface area contributed by atoms with Crippen molar-refractivity contribution in [1.82, 2.24) is 10.4 Å². The average molecular weight is 440 g/mol. The number of rotatable bonds is 4. The van der Waals surface area contributed by atoms with E-state index in [2.05, 4.69) is 5.43 Å². The number of hydrogen-bond acceptors (Lipinski definition) is 4. The summed E-state index contributed by atoms with van der Waals surface area (Å²) in [4.78, 5) is 12.4. The van der Waals surface area contributed by atoms with Gasteiger partial charge in [0.2, 0.25) is 5.91 Å². The molecule has 1 heterocycles. The number of halogens is 3. The fourth-order valence-electron chi connectivity index (χ4n) is 3.41. The zero-order valence-electron chi connectivity index (χ0n) is 15.6. The van der Waals surface area contributed by atoms with E-state index in [0.717, 1.165) is 18.2 Å². The second-order valence-corrected chi connectivity index (χ2v) is 7.57. The molecule has 2 aromatic carbocycles. The third kappa shape index (κ3) is 4.66. The maximum absolute atomic E-state index is 14.2. The van der Waals surface area contributed by atoms with Gasteiger partial charge in [-0.2, -0.15) is 0 Å². The van der Waals surface area contributed by atoms with Crippen LogP contribution < -0.4 is 15.9 Å². The van der Waals surface area contributed by atoms with Crippen molar-refractivity contribution in [2.45, 2.75) is 19.4 Å². The number of nitrogens with zero attached hydrogens (tertiary/aromatic N) is 1. The molecule has 1 aliphatic heterocycles. The molecule has 3 rings (SSSR count). The SMILES string of the molecule is CC(=O)N(NC(=S)c1cc(F)ccc1F)C1c2cc(Cl)ccc2OCC1CCN. The van der Waals surface area contributed by atoms with Crippen LogP contribution in [0.1, 0.15) is 30.5 Å². The van der Waals surface area contributed by atoms with E-state index >= 15 is 0 Å². The maximum atomic E-state index is 14.2. The van der Waals surface area contributed by atoms with E-state index in [-0.39, 0.29) is 22.4 Å². The van der Waals surface area contributed by atoms with E-state index < -0.39 is 17.7 Å². The quantitative estimate of drug-likeness (QED) is 0.561. The van der Waals surface area contributed by atoms with Crippen LogP contribution in [-0.4, -0.2) is 29.1 Å². The zero-order valence-corrected chi connectivity index (χ0v) is 17.2. The molecule has 2 aromatic rings. The number of amides is 1. The molecule has 2 unspecified atom stereocenters. The molecule has 0 radical (unpaired) electrons. The summed E-state index contributed by atoms with van der Waals surface area (Å²) in [5.41, 5.74) is 9.09. The predicted molar refractivity (Wildman–Crippen MR) is 111 cm³/mol. The monoisotopic (exact) mass is 439 g/mol. The van der Waals surface area contributed by atoms with Gasteiger partial charge in [0.15, 0.2) is 0 Å². The molecule has 0 aromatic heterocycles. The molecule has 9 heteroatoms. The number of carbonyl (C=O) groups excluding carboxylic acids is 1. The lowest BCUT2D eigenvalue weighted by atomic mass is 9.87. The number of carbonyl (C=O) groups is 1. The van der Waals surface area contributed by atoms with Gasteiger partial charge in [0, 0.05) is 29.0 Å². The number of nitrogens with two attached hydrogens (primary N) is 1. The zero-order chi connectivity index (χ0) is 21.1. The summed E-state index contributed by atoms with van der Waals surface area (Å²) in [6.07, 6.45) is 0.573. The summed E-state index contributed by atoms with van der Waals surface area (Å²) in [5, 5.41) is 1.79. The first-order valence-corrected chi connectivity index (χ1v) is 9.78. The van der Waals surface area contributed by atoms with E-state index in [9.17, 15) is 13.6 Å². The van der Waals surface area contributed by atoms with Gasteiger partial charge in [-0.3, -0.25) is 10.2 Å². The fourth-order valence-corrected chi connectivity index (χ4v) is 3.85. The van der Waals surface area contributed by atoms with Crippen molar-refractivity contribution < 1.29 is 18.3 Å². The van der Waals surface area contributed by atoms with Crippen LogP contribution in [0.2, 0.25) is 5.02 Å². The van der Waals surface area contributed by atoms with Crippen molar-refractivity contribution in [2.75, 3.05) is 13.2 Å². The largest absolute Gasteiger partial charge is 0.493 e. The highest BCUT2D eigenvalue weighted by Crippen LogP contribution is 2.41. The topological polar surface area (TPSA) is 67.6 Å². The van der Waals surface area contributed by atoms with Crippen LogP contribution in [-0.2, 0) is 4.79 Å². The van der Waals surface area contributed by atoms with E-state index in [1.54, 1.807) is 18.2 Å². The minimum atomic E-state index is -0.693. The van der Waals surface area contributed by atoms with Gasteiger partial charge in [-0.05, 0) is 49.4 Å². The number of thiocarbonyl (C=S) groups is 1. The van der Waals surface area contributed by atoms with Crippen LogP contribution in [0, 0.1) is 17.6 Å². The molecule has 1 amide bonds. The molecular weight excluding hydrogens is 420 g/mol. The number of nitrogens with one attached hydrogen (secondary N) is 1. The van der Waals surface area contributed by atoms with Gasteiger partial charge in [0.1, 0.15) is 22.4 Å². The van der Waals surface area contributed by atoms with Crippen LogP contribution in [0.25, 0.3) is 0 Å². The van der Waals surface area contributed by atoms with Gasteiger partial charge in [0.05, 0.1) is 12.6 Å². The Hall–Kier alpha value is -2.29. The Morgan fingerprint density at radius 3 is 2.79 bits per heavy atom. The molecule has 2 atom stereocenters. The first-order chi connectivity index (χ1) is 13.8. The molecule has 0 spiro atoms. The van der Waals surface area contributed by atoms with Gasteiger partial charge in [-0.1, -0.05) is 23.8 Å². The highest BCUT2D eigenvalue weighted by atomic mass is 35.5. The van der Waals surface area contributed by atoms with Crippen molar-refractivity contribution >= 4 is 34.7 Å². The van der Waals surface area contributed by atoms with Crippen molar-refractivity contribution in [1.29, 1.82) is 0 Å². The Labute approximate surface area is 177 Å². The van der Waals surface area contributed by atoms with E-state index in [0.29, 0.717) is 35.9 Å². The lowest BCUT2D eigenvalue weighted by Crippen LogP contribution is -2.51. The highest BCUT2D eigenvalue weighted by molar-refractivity contribution is 7.80. The maximum Gasteiger partial charge on any atom is 0.238 e. The molecular formula is C20H20ClF2N3O2S. The molecule has 0 saturated carbocycles. The van der Waals surface area contributed by atoms with Crippen LogP contribution in [0.4, 0.5) is 8.78 Å². The molecule has 0 bridgehead atoms. The van der Waals surface area contributed by atoms with Crippen LogP contribution in [0.5, 0.6) is 5.75 Å². The number of ether oxygens (including phenoxy) is 1. The van der Waals surface area contributed by atoms with Gasteiger partial charge in [0.25, 0.3) is 0 Å². The summed E-state index contributed by atoms with van der Waals surface area (Å²) in [6, 6.07) is 7.59. The Morgan fingerprint density at radius 1 is 1.34 bits per heavy atom. The minimum absolute atomic E-state index is 0.112. The Kier molecular flexibility index (Phi) is 6.66. The minimum Gasteiger partial charge on any atom is -0.493 e. The molecule has 154 valence electrons. The predicted octanol–water partition coefficient (Wildman–Crippen LogP) is 3.75. The standard InChI is InChI=1S/C20H20ClF2N3O2S/c1-11(27)26(25-20(29)15-9-14(22)3-4-17(15)23)19-12(6-7-24)10-28-18-5-2-13(21)8-16(18)19/h2-5,8-9,12,19H,6-7,10,24H2,1H3,(H,25,29). The van der Waals surface area contributed by atoms with E-state index in [1.165, 1.54) is 11.9 Å². The lowest BCUT2D eigenvalue weighted by Gasteiger charge is -2.40. The van der Waals surface area contributed by atoms with Crippen molar-refractivity contribution in [3.8, 4) is 5.75 Å². The second-order valence-electron chi connectivity index (χ2n) is 6.73. The van der Waals surface area contributed by atoms with Crippen LogP contribution in [0.15, 0.2) is 36.4 Å². The van der Waals surface area contributed by atoms with Gasteiger partial charge < -0.3 is 10.5 Å². The third-order valence-electron chi connectivity index (χ3n) is 4.74. The number of hydrogen-bond donors (Lipinski definition) is 2. The summed E-state index contributed by atoms with van der Waals surface area (Å²) >= 11 is 11.4. The Morgan fingerprint density at radius 2 is 2.10 bits per heavy atom. The normalized spacial score (nSPS) is 17.8. The van der Waals surface area contributed by atoms with Gasteiger partial charge >= 0.3 is 0 Å². The molecule has 0 fully saturated rings. The van der Waals surface area contributed by atoms with Crippen molar-refractivity contribution in [3.63, 3.8) is 0 Å². The fraction of sp³-hybridized carbons (Fsp3) is 0.300. The average Bonchev–Trinajstić information content (AvgIpc) is 2.68. The number of hydrazine groups is 1. The molecule has 0 saturated heterocycles. The first-order valence-electron chi connectivity index (χ1n) is 9.00. The molecule has 0 aliphatic carbocycles. The van der Waals surface area contributed by atoms with Gasteiger partial charge in [-0.25, -0.2) is 13.8 Å². The highest BCUT2D eigenvalue weighted by Gasteiger charge is 2.37. The second kappa shape index (κ2) is 9.02. The van der Waals surface area contributed by atoms with E-state index in [1.807, 2.05) is 0 Å². The molecule has 5 nitrogen and oxygen atoms in total. The summed E-state index contributed by atoms with van der Waals surface area (Å²) < 4.78 is 33.5. The van der Waals surface area contributed by atoms with Crippen molar-refractivity contribution in [2.24, 2.45) is 11.7 Å². The van der Waals surface area contributed by atoms with Crippen LogP contribution in [0.3, 0.4) is 0 Å². The number of benzene rings is 2. The van der Waals surface area contributed by atoms with Crippen molar-refractivity contribution in [3.05, 3.63) is 64.2 Å². The first kappa shape index (κ1) is 21.4. The van der Waals surface area contributed by atoms with Crippen LogP contribution >= 0.6 is 23.8 Å².